The van der Waals surface area contributed by atoms with E-state index in [0.29, 0.717) is 12.1 Å². The van der Waals surface area contributed by atoms with E-state index in [4.69, 9.17) is 4.74 Å². The number of carbonyl (C=O) groups is 1. The van der Waals surface area contributed by atoms with Gasteiger partial charge in [-0.2, -0.15) is 0 Å². The van der Waals surface area contributed by atoms with Gasteiger partial charge in [0.1, 0.15) is 5.75 Å². The molecule has 2 unspecified atom stereocenters. The number of hydrogen-bond donors (Lipinski definition) is 0. The molecule has 2 fully saturated rings. The molecule has 4 heteroatoms. The molecule has 0 aromatic heterocycles. The van der Waals surface area contributed by atoms with Crippen molar-refractivity contribution in [3.8, 4) is 5.75 Å². The summed E-state index contributed by atoms with van der Waals surface area (Å²) in [4.78, 5) is 17.4. The minimum Gasteiger partial charge on any atom is -0.494 e. The molecule has 0 aliphatic carbocycles. The van der Waals surface area contributed by atoms with Crippen molar-refractivity contribution in [2.75, 3.05) is 26.2 Å². The van der Waals surface area contributed by atoms with Crippen LogP contribution in [-0.4, -0.2) is 54.0 Å². The second-order valence-corrected chi connectivity index (χ2v) is 8.80. The molecular formula is C25H34N2O2. The summed E-state index contributed by atoms with van der Waals surface area (Å²) < 4.78 is 6.01. The van der Waals surface area contributed by atoms with Crippen LogP contribution in [0.3, 0.4) is 0 Å². The Balaban J connectivity index is 1.34. The van der Waals surface area contributed by atoms with Gasteiger partial charge in [-0.1, -0.05) is 18.6 Å². The predicted octanol–water partition coefficient (Wildman–Crippen LogP) is 5.11. The van der Waals surface area contributed by atoms with Gasteiger partial charge in [-0.25, -0.2) is 0 Å². The van der Waals surface area contributed by atoms with E-state index in [0.717, 1.165) is 61.0 Å². The van der Waals surface area contributed by atoms with Gasteiger partial charge in [0.25, 0.3) is 5.91 Å². The molecule has 0 bridgehead atoms. The summed E-state index contributed by atoms with van der Waals surface area (Å²) in [6.07, 6.45) is 7.30. The Hall–Kier alpha value is -2.07. The topological polar surface area (TPSA) is 32.8 Å². The summed E-state index contributed by atoms with van der Waals surface area (Å²) in [5.41, 5.74) is 0.788. The number of fused-ring (bicyclic) bond motifs is 1. The van der Waals surface area contributed by atoms with E-state index in [-0.39, 0.29) is 5.91 Å². The van der Waals surface area contributed by atoms with Gasteiger partial charge in [0, 0.05) is 30.7 Å². The molecule has 29 heavy (non-hydrogen) atoms. The van der Waals surface area contributed by atoms with E-state index >= 15 is 0 Å². The average molecular weight is 395 g/mol. The van der Waals surface area contributed by atoms with Crippen LogP contribution in [0.5, 0.6) is 5.75 Å². The summed E-state index contributed by atoms with van der Waals surface area (Å²) >= 11 is 0. The SMILES string of the molecule is CC1CCCCN1CCCOc1ccc2cc(C(=O)N3CCCC3C)ccc2c1. The van der Waals surface area contributed by atoms with Crippen LogP contribution in [0.2, 0.25) is 0 Å². The molecular weight excluding hydrogens is 360 g/mol. The molecule has 2 aliphatic rings. The maximum atomic E-state index is 12.8. The van der Waals surface area contributed by atoms with Crippen molar-refractivity contribution >= 4 is 16.7 Å². The summed E-state index contributed by atoms with van der Waals surface area (Å²) in [5.74, 6) is 1.07. The monoisotopic (exact) mass is 394 g/mol. The van der Waals surface area contributed by atoms with E-state index in [1.54, 1.807) is 0 Å². The number of amides is 1. The minimum absolute atomic E-state index is 0.157. The zero-order valence-corrected chi connectivity index (χ0v) is 17.9. The van der Waals surface area contributed by atoms with Gasteiger partial charge in [0.2, 0.25) is 0 Å². The summed E-state index contributed by atoms with van der Waals surface area (Å²) in [6, 6.07) is 13.3. The van der Waals surface area contributed by atoms with Gasteiger partial charge < -0.3 is 14.5 Å². The molecule has 2 aliphatic heterocycles. The van der Waals surface area contributed by atoms with Crippen molar-refractivity contribution in [3.05, 3.63) is 42.0 Å². The maximum absolute atomic E-state index is 12.8. The molecule has 4 nitrogen and oxygen atoms in total. The molecule has 4 rings (SSSR count). The van der Waals surface area contributed by atoms with Crippen LogP contribution in [0.4, 0.5) is 0 Å². The normalized spacial score (nSPS) is 22.9. The number of likely N-dealkylation sites (tertiary alicyclic amines) is 2. The first kappa shape index (κ1) is 20.2. The lowest BCUT2D eigenvalue weighted by Crippen LogP contribution is -2.38. The number of benzene rings is 2. The summed E-state index contributed by atoms with van der Waals surface area (Å²) in [7, 11) is 0. The Labute approximate surface area is 174 Å². The molecule has 156 valence electrons. The number of hydrogen-bond acceptors (Lipinski definition) is 3. The van der Waals surface area contributed by atoms with Crippen molar-refractivity contribution < 1.29 is 9.53 Å². The molecule has 0 radical (unpaired) electrons. The van der Waals surface area contributed by atoms with Crippen LogP contribution in [-0.2, 0) is 0 Å². The van der Waals surface area contributed by atoms with Crippen molar-refractivity contribution in [2.45, 2.75) is 64.5 Å². The first-order valence-corrected chi connectivity index (χ1v) is 11.3. The fourth-order valence-corrected chi connectivity index (χ4v) is 4.79. The van der Waals surface area contributed by atoms with E-state index in [2.05, 4.69) is 30.9 Å². The highest BCUT2D eigenvalue weighted by Gasteiger charge is 2.26. The van der Waals surface area contributed by atoms with Crippen LogP contribution in [0.25, 0.3) is 10.8 Å². The molecule has 2 aromatic carbocycles. The van der Waals surface area contributed by atoms with E-state index < -0.39 is 0 Å². The zero-order valence-electron chi connectivity index (χ0n) is 17.9. The number of rotatable bonds is 6. The van der Waals surface area contributed by atoms with Gasteiger partial charge in [-0.15, -0.1) is 0 Å². The highest BCUT2D eigenvalue weighted by atomic mass is 16.5. The fraction of sp³-hybridized carbons (Fsp3) is 0.560. The Morgan fingerprint density at radius 1 is 0.966 bits per heavy atom. The van der Waals surface area contributed by atoms with Crippen LogP contribution >= 0.6 is 0 Å². The van der Waals surface area contributed by atoms with Crippen LogP contribution in [0.15, 0.2) is 36.4 Å². The Morgan fingerprint density at radius 3 is 2.55 bits per heavy atom. The standard InChI is InChI=1S/C25H34N2O2/c1-19-7-3-4-13-26(19)14-6-16-29-24-12-11-21-17-23(10-9-22(21)18-24)25(28)27-15-5-8-20(27)2/h9-12,17-20H,3-8,13-16H2,1-2H3. The Morgan fingerprint density at radius 2 is 1.76 bits per heavy atom. The molecule has 2 saturated heterocycles. The van der Waals surface area contributed by atoms with Gasteiger partial charge >= 0.3 is 0 Å². The number of piperidine rings is 1. The number of carbonyl (C=O) groups excluding carboxylic acids is 1. The number of ether oxygens (including phenoxy) is 1. The lowest BCUT2D eigenvalue weighted by Gasteiger charge is -2.33. The maximum Gasteiger partial charge on any atom is 0.254 e. The second-order valence-electron chi connectivity index (χ2n) is 8.80. The van der Waals surface area contributed by atoms with E-state index in [9.17, 15) is 4.79 Å². The van der Waals surface area contributed by atoms with Gasteiger partial charge in [0.05, 0.1) is 6.61 Å². The molecule has 1 amide bonds. The lowest BCUT2D eigenvalue weighted by atomic mass is 10.0. The molecule has 2 heterocycles. The van der Waals surface area contributed by atoms with Crippen molar-refractivity contribution in [2.24, 2.45) is 0 Å². The van der Waals surface area contributed by atoms with E-state index in [1.165, 1.54) is 25.8 Å². The van der Waals surface area contributed by atoms with Gasteiger partial charge in [-0.05, 0) is 87.5 Å². The molecule has 0 saturated carbocycles. The van der Waals surface area contributed by atoms with Gasteiger partial charge in [-0.3, -0.25) is 4.79 Å². The average Bonchev–Trinajstić information content (AvgIpc) is 3.17. The van der Waals surface area contributed by atoms with Crippen LogP contribution in [0.1, 0.15) is 62.7 Å². The first-order chi connectivity index (χ1) is 14.1. The molecule has 0 N–H and O–H groups in total. The van der Waals surface area contributed by atoms with E-state index in [1.807, 2.05) is 29.2 Å². The highest BCUT2D eigenvalue weighted by Crippen LogP contribution is 2.25. The Bertz CT molecular complexity index is 850. The molecule has 2 atom stereocenters. The second kappa shape index (κ2) is 9.17. The van der Waals surface area contributed by atoms with Gasteiger partial charge in [0.15, 0.2) is 0 Å². The molecule has 2 aromatic rings. The highest BCUT2D eigenvalue weighted by molar-refractivity contribution is 5.99. The fourth-order valence-electron chi connectivity index (χ4n) is 4.79. The van der Waals surface area contributed by atoms with Crippen molar-refractivity contribution in [1.29, 1.82) is 0 Å². The number of nitrogens with zero attached hydrogens (tertiary/aromatic N) is 2. The predicted molar refractivity (Wildman–Crippen MR) is 119 cm³/mol. The van der Waals surface area contributed by atoms with Crippen LogP contribution < -0.4 is 4.74 Å². The Kier molecular flexibility index (Phi) is 6.39. The minimum atomic E-state index is 0.157. The van der Waals surface area contributed by atoms with Crippen molar-refractivity contribution in [3.63, 3.8) is 0 Å². The third-order valence-electron chi connectivity index (χ3n) is 6.67. The quantitative estimate of drug-likeness (QED) is 0.639. The van der Waals surface area contributed by atoms with Crippen molar-refractivity contribution in [1.82, 2.24) is 9.80 Å². The lowest BCUT2D eigenvalue weighted by molar-refractivity contribution is 0.0747. The van der Waals surface area contributed by atoms with Crippen LogP contribution in [0, 0.1) is 0 Å². The third kappa shape index (κ3) is 4.75. The summed E-state index contributed by atoms with van der Waals surface area (Å²) in [6.45, 7) is 8.46. The summed E-state index contributed by atoms with van der Waals surface area (Å²) in [5, 5.41) is 2.22. The third-order valence-corrected chi connectivity index (χ3v) is 6.67. The largest absolute Gasteiger partial charge is 0.494 e. The zero-order chi connectivity index (χ0) is 20.2. The molecule has 0 spiro atoms. The smallest absolute Gasteiger partial charge is 0.254 e. The first-order valence-electron chi connectivity index (χ1n) is 11.3.